The van der Waals surface area contributed by atoms with Crippen LogP contribution in [0.25, 0.3) is 0 Å². The van der Waals surface area contributed by atoms with E-state index >= 15 is 0 Å². The topological polar surface area (TPSA) is 75.3 Å². The molecular weight excluding hydrogens is 268 g/mol. The molecule has 2 N–H and O–H groups in total. The van der Waals surface area contributed by atoms with Gasteiger partial charge in [-0.2, -0.15) is 0 Å². The molecule has 0 bridgehead atoms. The third kappa shape index (κ3) is 3.29. The molecule has 21 heavy (non-hydrogen) atoms. The van der Waals surface area contributed by atoms with Crippen molar-refractivity contribution in [2.45, 2.75) is 39.0 Å². The van der Waals surface area contributed by atoms with E-state index < -0.39 is 23.3 Å². The largest absolute Gasteiger partial charge is 0.328 e. The fourth-order valence-corrected chi connectivity index (χ4v) is 2.64. The van der Waals surface area contributed by atoms with Gasteiger partial charge in [-0.05, 0) is 24.8 Å². The quantitative estimate of drug-likeness (QED) is 0.788. The van der Waals surface area contributed by atoms with E-state index in [1.54, 1.807) is 0 Å². The Labute approximate surface area is 124 Å². The molecule has 0 spiro atoms. The van der Waals surface area contributed by atoms with E-state index in [1.165, 1.54) is 0 Å². The number of carbonyl (C=O) groups is 3. The molecule has 1 fully saturated rings. The Morgan fingerprint density at radius 1 is 0.952 bits per heavy atom. The maximum atomic E-state index is 12.3. The van der Waals surface area contributed by atoms with Crippen LogP contribution in [0.1, 0.15) is 38.2 Å². The van der Waals surface area contributed by atoms with Crippen LogP contribution in [0.3, 0.4) is 0 Å². The maximum absolute atomic E-state index is 12.3. The predicted molar refractivity (Wildman–Crippen MR) is 78.4 cm³/mol. The van der Waals surface area contributed by atoms with E-state index in [0.717, 1.165) is 18.4 Å². The van der Waals surface area contributed by atoms with E-state index in [1.807, 2.05) is 37.3 Å². The summed E-state index contributed by atoms with van der Waals surface area (Å²) in [5, 5.41) is 4.47. The Balaban J connectivity index is 2.18. The SMILES string of the molecule is CCCCC1(CCc2ccccc2)C(=O)NC(=O)NC1=O. The minimum atomic E-state index is -1.14. The van der Waals surface area contributed by atoms with Crippen LogP contribution in [-0.2, 0) is 16.0 Å². The molecular formula is C16H20N2O3. The first-order valence-corrected chi connectivity index (χ1v) is 7.29. The van der Waals surface area contributed by atoms with E-state index in [4.69, 9.17) is 0 Å². The zero-order chi connectivity index (χ0) is 15.3. The molecule has 2 rings (SSSR count). The third-order valence-corrected chi connectivity index (χ3v) is 3.96. The van der Waals surface area contributed by atoms with Crippen molar-refractivity contribution in [3.63, 3.8) is 0 Å². The molecule has 112 valence electrons. The van der Waals surface area contributed by atoms with Gasteiger partial charge in [0.2, 0.25) is 11.8 Å². The monoisotopic (exact) mass is 288 g/mol. The van der Waals surface area contributed by atoms with Crippen LogP contribution < -0.4 is 10.6 Å². The first-order chi connectivity index (χ1) is 10.1. The Hall–Kier alpha value is -2.17. The number of amides is 4. The van der Waals surface area contributed by atoms with Gasteiger partial charge in [0.15, 0.2) is 0 Å². The molecule has 1 aromatic rings. The third-order valence-electron chi connectivity index (χ3n) is 3.96. The molecule has 1 aliphatic heterocycles. The normalized spacial score (nSPS) is 17.3. The van der Waals surface area contributed by atoms with Gasteiger partial charge in [0.25, 0.3) is 0 Å². The van der Waals surface area contributed by atoms with Crippen LogP contribution in [0.4, 0.5) is 4.79 Å². The second kappa shape index (κ2) is 6.52. The lowest BCUT2D eigenvalue weighted by molar-refractivity contribution is -0.145. The van der Waals surface area contributed by atoms with Crippen LogP contribution in [-0.4, -0.2) is 17.8 Å². The number of hydrogen-bond donors (Lipinski definition) is 2. The van der Waals surface area contributed by atoms with Crippen LogP contribution in [0, 0.1) is 5.41 Å². The second-order valence-corrected chi connectivity index (χ2v) is 5.41. The molecule has 0 atom stereocenters. The molecule has 1 heterocycles. The fraction of sp³-hybridized carbons (Fsp3) is 0.438. The van der Waals surface area contributed by atoms with Crippen molar-refractivity contribution in [2.24, 2.45) is 5.41 Å². The number of rotatable bonds is 6. The predicted octanol–water partition coefficient (Wildman–Crippen LogP) is 2.16. The summed E-state index contributed by atoms with van der Waals surface area (Å²) >= 11 is 0. The molecule has 1 aliphatic rings. The summed E-state index contributed by atoms with van der Waals surface area (Å²) in [5.41, 5.74) is -0.0642. The van der Waals surface area contributed by atoms with Gasteiger partial charge < -0.3 is 0 Å². The lowest BCUT2D eigenvalue weighted by Crippen LogP contribution is -2.62. The summed E-state index contributed by atoms with van der Waals surface area (Å²) in [7, 11) is 0. The summed E-state index contributed by atoms with van der Waals surface area (Å²) < 4.78 is 0. The maximum Gasteiger partial charge on any atom is 0.328 e. The second-order valence-electron chi connectivity index (χ2n) is 5.41. The van der Waals surface area contributed by atoms with Crippen LogP contribution in [0.2, 0.25) is 0 Å². The first-order valence-electron chi connectivity index (χ1n) is 7.29. The van der Waals surface area contributed by atoms with Gasteiger partial charge in [-0.1, -0.05) is 50.1 Å². The molecule has 0 saturated carbocycles. The van der Waals surface area contributed by atoms with E-state index in [-0.39, 0.29) is 0 Å². The smallest absolute Gasteiger partial charge is 0.277 e. The van der Waals surface area contributed by atoms with Crippen LogP contribution in [0.5, 0.6) is 0 Å². The number of unbranched alkanes of at least 4 members (excludes halogenated alkanes) is 1. The number of imide groups is 2. The fourth-order valence-electron chi connectivity index (χ4n) is 2.64. The minimum absolute atomic E-state index is 0.405. The highest BCUT2D eigenvalue weighted by Gasteiger charge is 2.49. The molecule has 0 unspecified atom stereocenters. The number of urea groups is 1. The highest BCUT2D eigenvalue weighted by atomic mass is 16.2. The van der Waals surface area contributed by atoms with Crippen molar-refractivity contribution in [1.82, 2.24) is 10.6 Å². The number of carbonyl (C=O) groups excluding carboxylic acids is 3. The van der Waals surface area contributed by atoms with Crippen LogP contribution >= 0.6 is 0 Å². The standard InChI is InChI=1S/C16H20N2O3/c1-2-3-10-16(11-9-12-7-5-4-6-8-12)13(19)17-15(21)18-14(16)20/h4-8H,2-3,9-11H2,1H3,(H2,17,18,19,20,21). The van der Waals surface area contributed by atoms with Crippen molar-refractivity contribution in [2.75, 3.05) is 0 Å². The summed E-state index contributed by atoms with van der Waals surface area (Å²) in [5.74, 6) is -0.943. The van der Waals surface area contributed by atoms with Crippen molar-refractivity contribution >= 4 is 17.8 Å². The molecule has 1 aromatic carbocycles. The van der Waals surface area contributed by atoms with Gasteiger partial charge in [0, 0.05) is 0 Å². The van der Waals surface area contributed by atoms with E-state index in [2.05, 4.69) is 10.6 Å². The highest BCUT2D eigenvalue weighted by Crippen LogP contribution is 2.33. The molecule has 5 nitrogen and oxygen atoms in total. The van der Waals surface area contributed by atoms with E-state index in [0.29, 0.717) is 19.3 Å². The number of benzene rings is 1. The molecule has 4 amide bonds. The molecule has 0 aliphatic carbocycles. The molecule has 0 aromatic heterocycles. The average Bonchev–Trinajstić information content (AvgIpc) is 2.47. The Morgan fingerprint density at radius 2 is 1.57 bits per heavy atom. The Bertz CT molecular complexity index is 520. The Morgan fingerprint density at radius 3 is 2.14 bits per heavy atom. The summed E-state index contributed by atoms with van der Waals surface area (Å²) in [6.45, 7) is 2.01. The summed E-state index contributed by atoms with van der Waals surface area (Å²) in [6.07, 6.45) is 3.15. The Kier molecular flexibility index (Phi) is 4.73. The lowest BCUT2D eigenvalue weighted by atomic mass is 9.75. The zero-order valence-electron chi connectivity index (χ0n) is 12.1. The number of aryl methyl sites for hydroxylation is 1. The van der Waals surface area contributed by atoms with Gasteiger partial charge in [-0.25, -0.2) is 4.79 Å². The van der Waals surface area contributed by atoms with Gasteiger partial charge in [0.05, 0.1) is 0 Å². The number of hydrogen-bond acceptors (Lipinski definition) is 3. The first kappa shape index (κ1) is 15.2. The number of barbiturate groups is 1. The molecule has 5 heteroatoms. The van der Waals surface area contributed by atoms with Crippen molar-refractivity contribution < 1.29 is 14.4 Å². The molecule has 0 radical (unpaired) electrons. The van der Waals surface area contributed by atoms with E-state index in [9.17, 15) is 14.4 Å². The zero-order valence-corrected chi connectivity index (χ0v) is 12.1. The van der Waals surface area contributed by atoms with Crippen molar-refractivity contribution in [3.05, 3.63) is 35.9 Å². The summed E-state index contributed by atoms with van der Waals surface area (Å²) in [6, 6.07) is 9.00. The minimum Gasteiger partial charge on any atom is -0.277 e. The van der Waals surface area contributed by atoms with Gasteiger partial charge in [0.1, 0.15) is 5.41 Å². The highest BCUT2D eigenvalue weighted by molar-refractivity contribution is 6.19. The summed E-state index contributed by atoms with van der Waals surface area (Å²) in [4.78, 5) is 35.8. The average molecular weight is 288 g/mol. The van der Waals surface area contributed by atoms with Gasteiger partial charge >= 0.3 is 6.03 Å². The van der Waals surface area contributed by atoms with Crippen molar-refractivity contribution in [1.29, 1.82) is 0 Å². The number of nitrogens with one attached hydrogen (secondary N) is 2. The van der Waals surface area contributed by atoms with Crippen LogP contribution in [0.15, 0.2) is 30.3 Å². The van der Waals surface area contributed by atoms with Crippen molar-refractivity contribution in [3.8, 4) is 0 Å². The molecule has 1 saturated heterocycles. The van der Waals surface area contributed by atoms with Gasteiger partial charge in [-0.15, -0.1) is 0 Å². The lowest BCUT2D eigenvalue weighted by Gasteiger charge is -2.34. The van der Waals surface area contributed by atoms with Gasteiger partial charge in [-0.3, -0.25) is 20.2 Å².